The number of rotatable bonds is 1. The van der Waals surface area contributed by atoms with Crippen LogP contribution in [0.15, 0.2) is 30.9 Å². The molecule has 2 aromatic rings. The molecule has 0 saturated heterocycles. The van der Waals surface area contributed by atoms with E-state index in [0.717, 1.165) is 5.56 Å². The predicted octanol–water partition coefficient (Wildman–Crippen LogP) is 1.59. The second-order valence-corrected chi connectivity index (χ2v) is 2.65. The lowest BCUT2D eigenvalue weighted by Gasteiger charge is -1.97. The molecule has 0 amide bonds. The van der Waals surface area contributed by atoms with Crippen molar-refractivity contribution in [3.05, 3.63) is 36.1 Å². The summed E-state index contributed by atoms with van der Waals surface area (Å²) < 4.78 is 0. The molecule has 5 heteroatoms. The van der Waals surface area contributed by atoms with Crippen LogP contribution in [0.2, 0.25) is 5.28 Å². The Bertz CT molecular complexity index is 404. The van der Waals surface area contributed by atoms with Gasteiger partial charge in [-0.05, 0) is 23.7 Å². The lowest BCUT2D eigenvalue weighted by Crippen LogP contribution is -1.90. The van der Waals surface area contributed by atoms with Gasteiger partial charge in [0, 0.05) is 18.0 Å². The highest BCUT2D eigenvalue weighted by atomic mass is 35.5. The van der Waals surface area contributed by atoms with Gasteiger partial charge in [-0.15, -0.1) is 0 Å². The van der Waals surface area contributed by atoms with Crippen LogP contribution in [-0.2, 0) is 0 Å². The Morgan fingerprint density at radius 3 is 2.54 bits per heavy atom. The van der Waals surface area contributed by atoms with Gasteiger partial charge >= 0.3 is 0 Å². The normalized spacial score (nSPS) is 9.92. The van der Waals surface area contributed by atoms with Crippen LogP contribution in [0.3, 0.4) is 0 Å². The molecule has 0 unspecified atom stereocenters. The summed E-state index contributed by atoms with van der Waals surface area (Å²) in [7, 11) is 0. The van der Waals surface area contributed by atoms with E-state index < -0.39 is 0 Å². The second kappa shape index (κ2) is 3.45. The largest absolute Gasteiger partial charge is 0.265 e. The Morgan fingerprint density at radius 2 is 1.85 bits per heavy atom. The zero-order chi connectivity index (χ0) is 9.10. The van der Waals surface area contributed by atoms with Crippen LogP contribution in [0.25, 0.3) is 11.4 Å². The van der Waals surface area contributed by atoms with Crippen molar-refractivity contribution in [1.29, 1.82) is 0 Å². The zero-order valence-electron chi connectivity index (χ0n) is 6.55. The summed E-state index contributed by atoms with van der Waals surface area (Å²) in [4.78, 5) is 15.5. The molecule has 0 spiro atoms. The first-order valence-corrected chi connectivity index (χ1v) is 3.99. The molecule has 0 bridgehead atoms. The van der Waals surface area contributed by atoms with Gasteiger partial charge in [0.25, 0.3) is 0 Å². The fourth-order valence-corrected chi connectivity index (χ4v) is 1.04. The standard InChI is InChI=1S/C8H5ClN4/c9-8-12-5-11-7(13-8)6-1-3-10-4-2-6/h1-5H. The van der Waals surface area contributed by atoms with Gasteiger partial charge in [-0.3, -0.25) is 4.98 Å². The monoisotopic (exact) mass is 192 g/mol. The van der Waals surface area contributed by atoms with Crippen LogP contribution in [-0.4, -0.2) is 19.9 Å². The maximum absolute atomic E-state index is 5.62. The van der Waals surface area contributed by atoms with Crippen molar-refractivity contribution >= 4 is 11.6 Å². The molecule has 0 N–H and O–H groups in total. The molecule has 4 nitrogen and oxygen atoms in total. The average molecular weight is 193 g/mol. The van der Waals surface area contributed by atoms with Crippen molar-refractivity contribution in [3.8, 4) is 11.4 Å². The topological polar surface area (TPSA) is 51.6 Å². The lowest BCUT2D eigenvalue weighted by atomic mass is 10.2. The van der Waals surface area contributed by atoms with Crippen molar-refractivity contribution in [2.75, 3.05) is 0 Å². The van der Waals surface area contributed by atoms with E-state index in [-0.39, 0.29) is 5.28 Å². The molecule has 0 saturated carbocycles. The molecule has 13 heavy (non-hydrogen) atoms. The highest BCUT2D eigenvalue weighted by molar-refractivity contribution is 6.28. The van der Waals surface area contributed by atoms with Crippen molar-refractivity contribution in [1.82, 2.24) is 19.9 Å². The molecule has 0 aliphatic rings. The van der Waals surface area contributed by atoms with Gasteiger partial charge in [0.2, 0.25) is 5.28 Å². The smallest absolute Gasteiger partial charge is 0.225 e. The lowest BCUT2D eigenvalue weighted by molar-refractivity contribution is 1.05. The number of aromatic nitrogens is 4. The Kier molecular flexibility index (Phi) is 2.14. The van der Waals surface area contributed by atoms with Gasteiger partial charge in [-0.1, -0.05) is 0 Å². The molecule has 0 aliphatic heterocycles. The summed E-state index contributed by atoms with van der Waals surface area (Å²) in [5.41, 5.74) is 0.874. The summed E-state index contributed by atoms with van der Waals surface area (Å²) in [6, 6.07) is 3.62. The van der Waals surface area contributed by atoms with Crippen molar-refractivity contribution in [2.45, 2.75) is 0 Å². The average Bonchev–Trinajstić information content (AvgIpc) is 2.19. The van der Waals surface area contributed by atoms with E-state index in [1.165, 1.54) is 6.33 Å². The summed E-state index contributed by atoms with van der Waals surface area (Å²) in [5, 5.41) is 0.196. The SMILES string of the molecule is Clc1ncnc(-c2ccncc2)n1. The van der Waals surface area contributed by atoms with Crippen molar-refractivity contribution < 1.29 is 0 Å². The second-order valence-electron chi connectivity index (χ2n) is 2.31. The molecule has 0 fully saturated rings. The molecule has 0 aromatic carbocycles. The van der Waals surface area contributed by atoms with Crippen LogP contribution < -0.4 is 0 Å². The third-order valence-corrected chi connectivity index (χ3v) is 1.66. The van der Waals surface area contributed by atoms with E-state index in [1.54, 1.807) is 12.4 Å². The maximum Gasteiger partial charge on any atom is 0.225 e. The fourth-order valence-electron chi connectivity index (χ4n) is 0.916. The Morgan fingerprint density at radius 1 is 1.08 bits per heavy atom. The summed E-state index contributed by atoms with van der Waals surface area (Å²) in [6.07, 6.45) is 4.73. The van der Waals surface area contributed by atoms with E-state index in [1.807, 2.05) is 12.1 Å². The minimum atomic E-state index is 0.196. The first-order valence-electron chi connectivity index (χ1n) is 3.61. The Balaban J connectivity index is 2.48. The van der Waals surface area contributed by atoms with Crippen LogP contribution in [0.5, 0.6) is 0 Å². The molecular formula is C8H5ClN4. The summed E-state index contributed by atoms with van der Waals surface area (Å²) in [6.45, 7) is 0. The summed E-state index contributed by atoms with van der Waals surface area (Å²) in [5.74, 6) is 0.558. The van der Waals surface area contributed by atoms with E-state index in [0.29, 0.717) is 5.82 Å². The molecule has 2 heterocycles. The molecule has 64 valence electrons. The highest BCUT2D eigenvalue weighted by Gasteiger charge is 2.00. The molecule has 0 atom stereocenters. The minimum Gasteiger partial charge on any atom is -0.265 e. The van der Waals surface area contributed by atoms with Crippen LogP contribution in [0.1, 0.15) is 0 Å². The molecule has 2 rings (SSSR count). The number of halogens is 1. The van der Waals surface area contributed by atoms with Crippen molar-refractivity contribution in [3.63, 3.8) is 0 Å². The van der Waals surface area contributed by atoms with Gasteiger partial charge in [-0.2, -0.15) is 4.98 Å². The minimum absolute atomic E-state index is 0.196. The predicted molar refractivity (Wildman–Crippen MR) is 48.1 cm³/mol. The number of hydrogen-bond donors (Lipinski definition) is 0. The Labute approximate surface area is 79.7 Å². The third kappa shape index (κ3) is 1.78. The van der Waals surface area contributed by atoms with E-state index in [9.17, 15) is 0 Å². The van der Waals surface area contributed by atoms with Gasteiger partial charge in [0.1, 0.15) is 6.33 Å². The van der Waals surface area contributed by atoms with E-state index in [4.69, 9.17) is 11.6 Å². The number of nitrogens with zero attached hydrogens (tertiary/aromatic N) is 4. The van der Waals surface area contributed by atoms with Gasteiger partial charge in [0.15, 0.2) is 5.82 Å². The maximum atomic E-state index is 5.62. The third-order valence-electron chi connectivity index (χ3n) is 1.48. The fraction of sp³-hybridized carbons (Fsp3) is 0. The quantitative estimate of drug-likeness (QED) is 0.689. The van der Waals surface area contributed by atoms with Gasteiger partial charge in [0.05, 0.1) is 0 Å². The highest BCUT2D eigenvalue weighted by Crippen LogP contribution is 2.12. The first-order chi connectivity index (χ1) is 6.36. The first kappa shape index (κ1) is 8.07. The van der Waals surface area contributed by atoms with Crippen molar-refractivity contribution in [2.24, 2.45) is 0 Å². The molecular weight excluding hydrogens is 188 g/mol. The summed E-state index contributed by atoms with van der Waals surface area (Å²) >= 11 is 5.62. The van der Waals surface area contributed by atoms with Crippen LogP contribution in [0, 0.1) is 0 Å². The van der Waals surface area contributed by atoms with E-state index in [2.05, 4.69) is 19.9 Å². The molecule has 0 radical (unpaired) electrons. The number of hydrogen-bond acceptors (Lipinski definition) is 4. The zero-order valence-corrected chi connectivity index (χ0v) is 7.31. The molecule has 2 aromatic heterocycles. The van der Waals surface area contributed by atoms with E-state index >= 15 is 0 Å². The number of pyridine rings is 1. The molecule has 0 aliphatic carbocycles. The van der Waals surface area contributed by atoms with Crippen LogP contribution in [0.4, 0.5) is 0 Å². The Hall–Kier alpha value is -1.55. The van der Waals surface area contributed by atoms with Gasteiger partial charge in [-0.25, -0.2) is 9.97 Å². The van der Waals surface area contributed by atoms with Crippen LogP contribution >= 0.6 is 11.6 Å². The van der Waals surface area contributed by atoms with Gasteiger partial charge < -0.3 is 0 Å².